The van der Waals surface area contributed by atoms with Gasteiger partial charge in [-0.1, -0.05) is 6.07 Å². The molecule has 1 aliphatic rings. The molecule has 0 unspecified atom stereocenters. The highest BCUT2D eigenvalue weighted by Gasteiger charge is 2.27. The molecule has 0 bridgehead atoms. The number of carbonyl (C=O) groups is 1. The van der Waals surface area contributed by atoms with Crippen LogP contribution in [0.4, 0.5) is 11.4 Å². The number of nitro benzene ring substituents is 1. The second-order valence-corrected chi connectivity index (χ2v) is 9.67. The van der Waals surface area contributed by atoms with Crippen LogP contribution < -0.4 is 5.73 Å². The number of rotatable bonds is 4. The van der Waals surface area contributed by atoms with E-state index in [2.05, 4.69) is 0 Å². The summed E-state index contributed by atoms with van der Waals surface area (Å²) in [5, 5.41) is 11.9. The minimum Gasteiger partial charge on any atom is -0.397 e. The van der Waals surface area contributed by atoms with Crippen molar-refractivity contribution >= 4 is 38.7 Å². The van der Waals surface area contributed by atoms with Gasteiger partial charge in [-0.2, -0.15) is 0 Å². The number of hydrogen-bond donors (Lipinski definition) is 1. The summed E-state index contributed by atoms with van der Waals surface area (Å²) in [4.78, 5) is 30.4. The summed E-state index contributed by atoms with van der Waals surface area (Å²) in [5.74, 6) is -0.0918. The van der Waals surface area contributed by atoms with Crippen molar-refractivity contribution in [2.45, 2.75) is 40.0 Å². The average molecular weight is 458 g/mol. The number of benzene rings is 2. The molecule has 4 aromatic rings. The molecule has 2 heterocycles. The lowest BCUT2D eigenvalue weighted by atomic mass is 9.94. The van der Waals surface area contributed by atoms with Crippen LogP contribution in [-0.2, 0) is 12.8 Å². The lowest BCUT2D eigenvalue weighted by Gasteiger charge is -2.11. The second-order valence-electron chi connectivity index (χ2n) is 8.68. The Morgan fingerprint density at radius 3 is 2.45 bits per heavy atom. The molecule has 2 aromatic carbocycles. The third-order valence-electron chi connectivity index (χ3n) is 6.56. The van der Waals surface area contributed by atoms with Gasteiger partial charge in [0.05, 0.1) is 10.6 Å². The fourth-order valence-corrected chi connectivity index (χ4v) is 5.79. The van der Waals surface area contributed by atoms with E-state index in [-0.39, 0.29) is 11.5 Å². The van der Waals surface area contributed by atoms with E-state index in [1.165, 1.54) is 23.5 Å². The van der Waals surface area contributed by atoms with Gasteiger partial charge in [0.1, 0.15) is 9.71 Å². The molecule has 0 spiro atoms. The number of non-ortho nitro benzene ring substituents is 1. The summed E-state index contributed by atoms with van der Waals surface area (Å²) in [6.07, 6.45) is 2.76. The second kappa shape index (κ2) is 7.78. The number of thiophene rings is 1. The number of aromatic nitrogens is 1. The molecule has 0 aliphatic heterocycles. The topological polar surface area (TPSA) is 99.1 Å². The van der Waals surface area contributed by atoms with Crippen LogP contribution in [0.1, 0.15) is 49.6 Å². The number of ketones is 1. The Kier molecular flexibility index (Phi) is 5.01. The molecule has 0 atom stereocenters. The molecular weight excluding hydrogens is 434 g/mol. The van der Waals surface area contributed by atoms with Crippen LogP contribution in [0.3, 0.4) is 0 Å². The van der Waals surface area contributed by atoms with Gasteiger partial charge in [0.15, 0.2) is 0 Å². The molecule has 0 saturated carbocycles. The maximum atomic E-state index is 13.6. The van der Waals surface area contributed by atoms with Crippen molar-refractivity contribution in [2.24, 2.45) is 0 Å². The lowest BCUT2D eigenvalue weighted by molar-refractivity contribution is -0.384. The molecular formula is C26H23N3O3S. The largest absolute Gasteiger partial charge is 0.397 e. The Morgan fingerprint density at radius 2 is 1.76 bits per heavy atom. The van der Waals surface area contributed by atoms with Crippen molar-refractivity contribution in [1.82, 2.24) is 4.98 Å². The Hall–Kier alpha value is -3.58. The first-order valence-electron chi connectivity index (χ1n) is 10.9. The van der Waals surface area contributed by atoms with Gasteiger partial charge < -0.3 is 5.73 Å². The first kappa shape index (κ1) is 21.3. The van der Waals surface area contributed by atoms with Gasteiger partial charge in [-0.15, -0.1) is 11.3 Å². The number of nitrogens with two attached hydrogens (primary N) is 1. The summed E-state index contributed by atoms with van der Waals surface area (Å²) in [6, 6.07) is 10.5. The quantitative estimate of drug-likeness (QED) is 0.227. The summed E-state index contributed by atoms with van der Waals surface area (Å²) in [6.45, 7) is 5.98. The van der Waals surface area contributed by atoms with E-state index in [9.17, 15) is 14.9 Å². The molecule has 0 saturated heterocycles. The molecule has 1 aliphatic carbocycles. The molecule has 0 amide bonds. The summed E-state index contributed by atoms with van der Waals surface area (Å²) < 4.78 is 0. The maximum Gasteiger partial charge on any atom is 0.269 e. The highest BCUT2D eigenvalue weighted by atomic mass is 32.1. The summed E-state index contributed by atoms with van der Waals surface area (Å²) in [5.41, 5.74) is 14.9. The first-order valence-corrected chi connectivity index (χ1v) is 11.7. The Bertz CT molecular complexity index is 1470. The zero-order valence-electron chi connectivity index (χ0n) is 18.7. The number of carbonyl (C=O) groups excluding carboxylic acids is 1. The van der Waals surface area contributed by atoms with E-state index >= 15 is 0 Å². The predicted octanol–water partition coefficient (Wildman–Crippen LogP) is 6.10. The molecule has 7 heteroatoms. The average Bonchev–Trinajstić information content (AvgIpc) is 3.38. The Morgan fingerprint density at radius 1 is 1.06 bits per heavy atom. The molecule has 5 rings (SSSR count). The van der Waals surface area contributed by atoms with Crippen LogP contribution in [-0.4, -0.2) is 15.7 Å². The Labute approximate surface area is 195 Å². The highest BCUT2D eigenvalue weighted by Crippen LogP contribution is 2.45. The standard InChI is InChI=1S/C26H23N3O3S/c1-13-11-15(3)19(12-14(13)2)24(30)25-23(27)22-21(16-7-9-17(10-8-16)29(31)32)18-5-4-6-20(18)28-26(22)33-25/h7-12H,4-6,27H2,1-3H3. The molecule has 6 nitrogen and oxygen atoms in total. The van der Waals surface area contributed by atoms with Gasteiger partial charge in [-0.3, -0.25) is 14.9 Å². The third-order valence-corrected chi connectivity index (χ3v) is 7.66. The number of nitrogens with zero attached hydrogens (tertiary/aromatic N) is 2. The number of nitrogen functional groups attached to an aromatic ring is 1. The van der Waals surface area contributed by atoms with Crippen molar-refractivity contribution in [3.63, 3.8) is 0 Å². The van der Waals surface area contributed by atoms with Gasteiger partial charge in [-0.05, 0) is 91.6 Å². The smallest absolute Gasteiger partial charge is 0.269 e. The van der Waals surface area contributed by atoms with Gasteiger partial charge in [-0.25, -0.2) is 4.98 Å². The zero-order chi connectivity index (χ0) is 23.4. The number of fused-ring (bicyclic) bond motifs is 2. The van der Waals surface area contributed by atoms with E-state index in [0.717, 1.165) is 68.6 Å². The molecule has 166 valence electrons. The minimum absolute atomic E-state index is 0.0417. The number of hydrogen-bond acceptors (Lipinski definition) is 6. The maximum absolute atomic E-state index is 13.6. The van der Waals surface area contributed by atoms with Crippen molar-refractivity contribution in [2.75, 3.05) is 5.73 Å². The van der Waals surface area contributed by atoms with E-state index in [4.69, 9.17) is 10.7 Å². The fraction of sp³-hybridized carbons (Fsp3) is 0.231. The lowest BCUT2D eigenvalue weighted by Crippen LogP contribution is -2.05. The van der Waals surface area contributed by atoms with Crippen molar-refractivity contribution < 1.29 is 9.72 Å². The zero-order valence-corrected chi connectivity index (χ0v) is 19.5. The fourth-order valence-electron chi connectivity index (χ4n) is 4.71. The summed E-state index contributed by atoms with van der Waals surface area (Å²) >= 11 is 1.33. The van der Waals surface area contributed by atoms with Crippen LogP contribution in [0.15, 0.2) is 36.4 Å². The number of pyridine rings is 1. The van der Waals surface area contributed by atoms with Crippen LogP contribution in [0.25, 0.3) is 21.3 Å². The van der Waals surface area contributed by atoms with Crippen LogP contribution >= 0.6 is 11.3 Å². The van der Waals surface area contributed by atoms with Gasteiger partial charge in [0.2, 0.25) is 5.78 Å². The van der Waals surface area contributed by atoms with Gasteiger partial charge in [0, 0.05) is 28.8 Å². The predicted molar refractivity (Wildman–Crippen MR) is 132 cm³/mol. The molecule has 2 aromatic heterocycles. The number of aryl methyl sites for hydroxylation is 4. The van der Waals surface area contributed by atoms with Gasteiger partial charge in [0.25, 0.3) is 5.69 Å². The molecule has 0 radical (unpaired) electrons. The van der Waals surface area contributed by atoms with Crippen molar-refractivity contribution in [1.29, 1.82) is 0 Å². The molecule has 33 heavy (non-hydrogen) atoms. The van der Waals surface area contributed by atoms with Crippen LogP contribution in [0, 0.1) is 30.9 Å². The van der Waals surface area contributed by atoms with Gasteiger partial charge >= 0.3 is 0 Å². The van der Waals surface area contributed by atoms with Crippen LogP contribution in [0.5, 0.6) is 0 Å². The highest BCUT2D eigenvalue weighted by molar-refractivity contribution is 7.21. The van der Waals surface area contributed by atoms with E-state index in [1.807, 2.05) is 32.9 Å². The Balaban J connectivity index is 1.73. The SMILES string of the molecule is Cc1cc(C)c(C(=O)c2sc3nc4c(c(-c5ccc([N+](=O)[O-])cc5)c3c2N)CCC4)cc1C. The van der Waals surface area contributed by atoms with Crippen LogP contribution in [0.2, 0.25) is 0 Å². The molecule has 2 N–H and O–H groups in total. The third kappa shape index (κ3) is 3.40. The molecule has 0 fully saturated rings. The normalized spacial score (nSPS) is 12.8. The van der Waals surface area contributed by atoms with Crippen molar-refractivity contribution in [3.05, 3.63) is 84.9 Å². The van der Waals surface area contributed by atoms with E-state index < -0.39 is 4.92 Å². The van der Waals surface area contributed by atoms with Crippen molar-refractivity contribution in [3.8, 4) is 11.1 Å². The monoisotopic (exact) mass is 457 g/mol. The van der Waals surface area contributed by atoms with E-state index in [1.54, 1.807) is 12.1 Å². The summed E-state index contributed by atoms with van der Waals surface area (Å²) in [7, 11) is 0. The minimum atomic E-state index is -0.405. The van der Waals surface area contributed by atoms with E-state index in [0.29, 0.717) is 16.1 Å². The first-order chi connectivity index (χ1) is 15.8. The number of anilines is 1. The number of nitro groups is 1.